The van der Waals surface area contributed by atoms with Crippen molar-refractivity contribution >= 4 is 12.2 Å². The summed E-state index contributed by atoms with van der Waals surface area (Å²) < 4.78 is 10.6. The minimum absolute atomic E-state index is 0.612. The Kier molecular flexibility index (Phi) is 5.15. The van der Waals surface area contributed by atoms with Gasteiger partial charge in [0, 0.05) is 0 Å². The van der Waals surface area contributed by atoms with Crippen LogP contribution in [0.25, 0.3) is 0 Å². The van der Waals surface area contributed by atoms with Crippen molar-refractivity contribution in [3.8, 4) is 0 Å². The molecule has 6 heteroatoms. The molecule has 126 valence electrons. The molecular formula is C16H28N2O4. The summed E-state index contributed by atoms with van der Waals surface area (Å²) in [5.74, 6) is 0. The molecule has 0 spiro atoms. The Hall–Kier alpha value is -1.72. The van der Waals surface area contributed by atoms with Crippen LogP contribution in [-0.2, 0) is 9.47 Å². The van der Waals surface area contributed by atoms with E-state index in [0.29, 0.717) is 0 Å². The van der Waals surface area contributed by atoms with E-state index in [4.69, 9.17) is 9.47 Å². The van der Waals surface area contributed by atoms with Crippen LogP contribution < -0.4 is 5.43 Å². The van der Waals surface area contributed by atoms with Crippen molar-refractivity contribution < 1.29 is 19.1 Å². The fourth-order valence-corrected chi connectivity index (χ4v) is 2.10. The van der Waals surface area contributed by atoms with E-state index in [1.54, 1.807) is 47.6 Å². The molecule has 0 unspecified atom stereocenters. The summed E-state index contributed by atoms with van der Waals surface area (Å²) in [7, 11) is 0. The SMILES string of the molecule is C=CC1(N(NC(=O)OC(C)(C)C)C(=O)OC(C)(C)C)CCC1. The van der Waals surface area contributed by atoms with Crippen molar-refractivity contribution in [2.24, 2.45) is 0 Å². The van der Waals surface area contributed by atoms with Crippen molar-refractivity contribution in [3.63, 3.8) is 0 Å². The molecule has 0 aliphatic heterocycles. The van der Waals surface area contributed by atoms with Gasteiger partial charge in [0.05, 0.1) is 5.54 Å². The Labute approximate surface area is 132 Å². The Morgan fingerprint density at radius 1 is 1.09 bits per heavy atom. The summed E-state index contributed by atoms with van der Waals surface area (Å²) in [5.41, 5.74) is 0.600. The van der Waals surface area contributed by atoms with Gasteiger partial charge >= 0.3 is 12.2 Å². The summed E-state index contributed by atoms with van der Waals surface area (Å²) in [6.45, 7) is 14.4. The molecular weight excluding hydrogens is 284 g/mol. The second kappa shape index (κ2) is 6.18. The molecule has 1 aliphatic rings. The van der Waals surface area contributed by atoms with Crippen molar-refractivity contribution in [3.05, 3.63) is 12.7 Å². The molecule has 2 amide bonds. The highest BCUT2D eigenvalue weighted by atomic mass is 16.6. The van der Waals surface area contributed by atoms with E-state index in [-0.39, 0.29) is 0 Å². The number of carbonyl (C=O) groups excluding carboxylic acids is 2. The molecule has 6 nitrogen and oxygen atoms in total. The predicted molar refractivity (Wildman–Crippen MR) is 84.2 cm³/mol. The largest absolute Gasteiger partial charge is 0.443 e. The van der Waals surface area contributed by atoms with Crippen LogP contribution >= 0.6 is 0 Å². The van der Waals surface area contributed by atoms with Gasteiger partial charge in [-0.15, -0.1) is 6.58 Å². The van der Waals surface area contributed by atoms with Crippen LogP contribution in [-0.4, -0.2) is 33.9 Å². The molecule has 0 heterocycles. The minimum Gasteiger partial charge on any atom is -0.443 e. The first kappa shape index (κ1) is 18.3. The number of nitrogens with one attached hydrogen (secondary N) is 1. The molecule has 1 fully saturated rings. The van der Waals surface area contributed by atoms with Gasteiger partial charge in [0.25, 0.3) is 0 Å². The average Bonchev–Trinajstić information content (AvgIpc) is 2.21. The quantitative estimate of drug-likeness (QED) is 0.622. The third kappa shape index (κ3) is 4.93. The van der Waals surface area contributed by atoms with E-state index in [1.807, 2.05) is 0 Å². The number of hydrazine groups is 1. The third-order valence-corrected chi connectivity index (χ3v) is 3.22. The molecule has 22 heavy (non-hydrogen) atoms. The maximum Gasteiger partial charge on any atom is 0.430 e. The fourth-order valence-electron chi connectivity index (χ4n) is 2.10. The Morgan fingerprint density at radius 2 is 1.59 bits per heavy atom. The molecule has 1 saturated carbocycles. The van der Waals surface area contributed by atoms with E-state index in [9.17, 15) is 9.59 Å². The van der Waals surface area contributed by atoms with E-state index < -0.39 is 28.9 Å². The van der Waals surface area contributed by atoms with Gasteiger partial charge in [-0.05, 0) is 60.8 Å². The number of carbonyl (C=O) groups is 2. The summed E-state index contributed by atoms with van der Waals surface area (Å²) in [6, 6.07) is 0. The highest BCUT2D eigenvalue weighted by molar-refractivity contribution is 5.75. The van der Waals surface area contributed by atoms with E-state index >= 15 is 0 Å². The molecule has 0 saturated heterocycles. The molecule has 1 aliphatic carbocycles. The van der Waals surface area contributed by atoms with Crippen molar-refractivity contribution in [1.29, 1.82) is 0 Å². The maximum atomic E-state index is 12.4. The molecule has 0 aromatic carbocycles. The van der Waals surface area contributed by atoms with Gasteiger partial charge in [0.15, 0.2) is 0 Å². The zero-order valence-corrected chi connectivity index (χ0v) is 14.5. The number of hydrogen-bond donors (Lipinski definition) is 1. The normalized spacial score (nSPS) is 17.0. The number of nitrogens with zero attached hydrogens (tertiary/aromatic N) is 1. The highest BCUT2D eigenvalue weighted by Crippen LogP contribution is 2.38. The first-order chi connectivity index (χ1) is 9.88. The fraction of sp³-hybridized carbons (Fsp3) is 0.750. The van der Waals surface area contributed by atoms with Gasteiger partial charge in [-0.3, -0.25) is 0 Å². The molecule has 0 aromatic rings. The topological polar surface area (TPSA) is 67.9 Å². The highest BCUT2D eigenvalue weighted by Gasteiger charge is 2.45. The van der Waals surface area contributed by atoms with Crippen LogP contribution in [0.5, 0.6) is 0 Å². The first-order valence-corrected chi connectivity index (χ1v) is 7.55. The average molecular weight is 312 g/mol. The second-order valence-electron chi connectivity index (χ2n) is 7.59. The summed E-state index contributed by atoms with van der Waals surface area (Å²) in [4.78, 5) is 24.5. The summed E-state index contributed by atoms with van der Waals surface area (Å²) in [6.07, 6.45) is 2.79. The van der Waals surface area contributed by atoms with Crippen LogP contribution in [0.1, 0.15) is 60.8 Å². The second-order valence-corrected chi connectivity index (χ2v) is 7.59. The lowest BCUT2D eigenvalue weighted by atomic mass is 9.76. The zero-order chi connectivity index (χ0) is 17.2. The number of ether oxygens (including phenoxy) is 2. The first-order valence-electron chi connectivity index (χ1n) is 7.55. The Bertz CT molecular complexity index is 442. The smallest absolute Gasteiger partial charge is 0.430 e. The van der Waals surface area contributed by atoms with Crippen LogP contribution in [0.15, 0.2) is 12.7 Å². The van der Waals surface area contributed by atoms with Crippen LogP contribution in [0.4, 0.5) is 9.59 Å². The lowest BCUT2D eigenvalue weighted by Gasteiger charge is -2.47. The molecule has 1 N–H and O–H groups in total. The molecule has 1 rings (SSSR count). The Balaban J connectivity index is 2.90. The van der Waals surface area contributed by atoms with Crippen LogP contribution in [0.3, 0.4) is 0 Å². The monoisotopic (exact) mass is 312 g/mol. The van der Waals surface area contributed by atoms with E-state index in [2.05, 4.69) is 12.0 Å². The Morgan fingerprint density at radius 3 is 1.91 bits per heavy atom. The lowest BCUT2D eigenvalue weighted by molar-refractivity contribution is -0.0387. The van der Waals surface area contributed by atoms with E-state index in [1.165, 1.54) is 5.01 Å². The van der Waals surface area contributed by atoms with Gasteiger partial charge < -0.3 is 9.47 Å². The van der Waals surface area contributed by atoms with Gasteiger partial charge in [0.2, 0.25) is 0 Å². The molecule has 0 radical (unpaired) electrons. The molecule has 0 bridgehead atoms. The predicted octanol–water partition coefficient (Wildman–Crippen LogP) is 3.77. The van der Waals surface area contributed by atoms with Crippen LogP contribution in [0.2, 0.25) is 0 Å². The number of rotatable bonds is 2. The summed E-state index contributed by atoms with van der Waals surface area (Å²) in [5, 5.41) is 1.21. The van der Waals surface area contributed by atoms with Crippen LogP contribution in [0, 0.1) is 0 Å². The standard InChI is InChI=1S/C16H28N2O4/c1-8-16(10-9-11-16)18(13(20)22-15(5,6)7)17-12(19)21-14(2,3)4/h8H,1,9-11H2,2-7H3,(H,17,19). The van der Waals surface area contributed by atoms with Crippen molar-refractivity contribution in [2.75, 3.05) is 0 Å². The van der Waals surface area contributed by atoms with Gasteiger partial charge in [0.1, 0.15) is 11.2 Å². The number of amides is 2. The molecule has 0 atom stereocenters. The van der Waals surface area contributed by atoms with E-state index in [0.717, 1.165) is 19.3 Å². The van der Waals surface area contributed by atoms with Crippen molar-refractivity contribution in [2.45, 2.75) is 77.5 Å². The lowest BCUT2D eigenvalue weighted by Crippen LogP contribution is -2.63. The zero-order valence-electron chi connectivity index (χ0n) is 14.5. The van der Waals surface area contributed by atoms with Gasteiger partial charge in [-0.2, -0.15) is 0 Å². The maximum absolute atomic E-state index is 12.4. The third-order valence-electron chi connectivity index (χ3n) is 3.22. The van der Waals surface area contributed by atoms with Gasteiger partial charge in [-0.25, -0.2) is 20.0 Å². The number of hydrogen-bond acceptors (Lipinski definition) is 4. The molecule has 0 aromatic heterocycles. The minimum atomic E-state index is -0.688. The summed E-state index contributed by atoms with van der Waals surface area (Å²) >= 11 is 0. The van der Waals surface area contributed by atoms with Crippen molar-refractivity contribution in [1.82, 2.24) is 10.4 Å². The van der Waals surface area contributed by atoms with Gasteiger partial charge in [-0.1, -0.05) is 6.08 Å².